The van der Waals surface area contributed by atoms with Gasteiger partial charge >= 0.3 is 0 Å². The molecule has 8 nitrogen and oxygen atoms in total. The van der Waals surface area contributed by atoms with Crippen molar-refractivity contribution in [2.45, 2.75) is 53.1 Å². The average molecular weight is 495 g/mol. The fourth-order valence-electron chi connectivity index (χ4n) is 3.01. The van der Waals surface area contributed by atoms with Crippen LogP contribution in [0.25, 0.3) is 0 Å². The lowest BCUT2D eigenvalue weighted by atomic mass is 9.94. The first kappa shape index (κ1) is 35.6. The number of unbranched alkanes of at least 4 members (excludes halogenated alkanes) is 1. The van der Waals surface area contributed by atoms with Gasteiger partial charge in [-0.05, 0) is 40.5 Å². The fourth-order valence-corrected chi connectivity index (χ4v) is 3.01. The molecule has 0 bridgehead atoms. The second-order valence-electron chi connectivity index (χ2n) is 9.64. The minimum atomic E-state index is -0.490. The first-order valence-corrected chi connectivity index (χ1v) is 12.6. The van der Waals surface area contributed by atoms with Crippen molar-refractivity contribution in [3.63, 3.8) is 0 Å². The molecular formula is C26H56NO7+. The van der Waals surface area contributed by atoms with E-state index in [1.807, 2.05) is 20.8 Å². The maximum absolute atomic E-state index is 6.08. The Hall–Kier alpha value is -0.580. The van der Waals surface area contributed by atoms with Crippen molar-refractivity contribution >= 4 is 0 Å². The van der Waals surface area contributed by atoms with E-state index in [9.17, 15) is 0 Å². The maximum atomic E-state index is 6.08. The third-order valence-electron chi connectivity index (χ3n) is 5.43. The van der Waals surface area contributed by atoms with Crippen LogP contribution in [0.5, 0.6) is 0 Å². The van der Waals surface area contributed by atoms with E-state index in [1.165, 1.54) is 6.54 Å². The van der Waals surface area contributed by atoms with Crippen LogP contribution in [0.2, 0.25) is 0 Å². The summed E-state index contributed by atoms with van der Waals surface area (Å²) in [7, 11) is 6.16. The molecule has 34 heavy (non-hydrogen) atoms. The van der Waals surface area contributed by atoms with Crippen molar-refractivity contribution < 1.29 is 37.9 Å². The molecule has 2 unspecified atom stereocenters. The van der Waals surface area contributed by atoms with Crippen LogP contribution in [0, 0.1) is 5.41 Å². The molecule has 0 saturated carbocycles. The van der Waals surface area contributed by atoms with E-state index in [-0.39, 0.29) is 5.41 Å². The Bertz CT molecular complexity index is 453. The molecule has 0 aromatic rings. The van der Waals surface area contributed by atoms with Crippen LogP contribution in [-0.4, -0.2) is 110 Å². The summed E-state index contributed by atoms with van der Waals surface area (Å²) >= 11 is 0. The second kappa shape index (κ2) is 21.7. The zero-order valence-electron chi connectivity index (χ0n) is 23.6. The summed E-state index contributed by atoms with van der Waals surface area (Å²) in [6.45, 7) is 23.8. The third kappa shape index (κ3) is 19.7. The minimum absolute atomic E-state index is 0.332. The smallest absolute Gasteiger partial charge is 0.112 e. The van der Waals surface area contributed by atoms with Gasteiger partial charge in [0, 0.05) is 32.3 Å². The molecular weight excluding hydrogens is 438 g/mol. The average Bonchev–Trinajstić information content (AvgIpc) is 2.81. The molecule has 8 heteroatoms. The van der Waals surface area contributed by atoms with E-state index < -0.39 is 5.60 Å². The Kier molecular flexibility index (Phi) is 22.7. The molecule has 0 fully saturated rings. The number of ether oxygens (including phenoxy) is 5. The van der Waals surface area contributed by atoms with Crippen molar-refractivity contribution in [2.24, 2.45) is 5.41 Å². The zero-order chi connectivity index (χ0) is 26.3. The highest BCUT2D eigenvalue weighted by atomic mass is 17.2. The van der Waals surface area contributed by atoms with Gasteiger partial charge in [0.2, 0.25) is 0 Å². The number of methoxy groups -OCH3 is 1. The molecule has 0 rings (SSSR count). The number of quaternary nitrogens is 1. The first-order chi connectivity index (χ1) is 16.2. The molecule has 0 aromatic carbocycles. The monoisotopic (exact) mass is 494 g/mol. The summed E-state index contributed by atoms with van der Waals surface area (Å²) in [4.78, 5) is 10.5. The van der Waals surface area contributed by atoms with Gasteiger partial charge in [-0.15, -0.1) is 13.2 Å². The number of hydrogen-bond donors (Lipinski definition) is 0. The highest BCUT2D eigenvalue weighted by molar-refractivity contribution is 4.77. The van der Waals surface area contributed by atoms with Gasteiger partial charge in [-0.25, -0.2) is 9.78 Å². The van der Waals surface area contributed by atoms with Crippen molar-refractivity contribution in [3.8, 4) is 0 Å². The molecule has 0 amide bonds. The first-order valence-electron chi connectivity index (χ1n) is 12.6. The highest BCUT2D eigenvalue weighted by Gasteiger charge is 2.30. The standard InChI is InChI=1S/C24H52NO7.C2H4/c1-9-25(6,7)14-12-13-15-28-21-24(5,30-11-3)22-29-19-23(4,18-27-10-2)20-32-31-17-16-26-8;1-2/h9-22H2,1-8H3;1-2H2/q+1;. The largest absolute Gasteiger partial charge is 0.382 e. The van der Waals surface area contributed by atoms with Gasteiger partial charge in [0.25, 0.3) is 0 Å². The maximum Gasteiger partial charge on any atom is 0.112 e. The van der Waals surface area contributed by atoms with Crippen molar-refractivity contribution in [3.05, 3.63) is 13.2 Å². The van der Waals surface area contributed by atoms with Gasteiger partial charge in [0.1, 0.15) is 12.2 Å². The second-order valence-corrected chi connectivity index (χ2v) is 9.64. The molecule has 0 N–H and O–H groups in total. The van der Waals surface area contributed by atoms with Crippen LogP contribution in [0.4, 0.5) is 0 Å². The molecule has 206 valence electrons. The van der Waals surface area contributed by atoms with Gasteiger partial charge in [-0.3, -0.25) is 0 Å². The number of nitrogens with zero attached hydrogens (tertiary/aromatic N) is 1. The lowest BCUT2D eigenvalue weighted by Gasteiger charge is -2.33. The van der Waals surface area contributed by atoms with Crippen molar-refractivity contribution in [1.82, 2.24) is 0 Å². The summed E-state index contributed by atoms with van der Waals surface area (Å²) in [5.74, 6) is 0. The predicted octanol–water partition coefficient (Wildman–Crippen LogP) is 4.13. The third-order valence-corrected chi connectivity index (χ3v) is 5.43. The van der Waals surface area contributed by atoms with Gasteiger partial charge in [0.15, 0.2) is 0 Å². The van der Waals surface area contributed by atoms with Crippen molar-refractivity contribution in [1.29, 1.82) is 0 Å². The van der Waals surface area contributed by atoms with Crippen LogP contribution >= 0.6 is 0 Å². The van der Waals surface area contributed by atoms with Crippen molar-refractivity contribution in [2.75, 3.05) is 100 Å². The number of rotatable bonds is 23. The summed E-state index contributed by atoms with van der Waals surface area (Å²) in [6.07, 6.45) is 2.21. The SMILES string of the molecule is C=C.CCOCC(C)(COCC(C)(COCCCC[N+](C)(C)CC)OCC)COOCCOC. The van der Waals surface area contributed by atoms with E-state index in [1.54, 1.807) is 7.11 Å². The lowest BCUT2D eigenvalue weighted by molar-refractivity contribution is -0.888. The Morgan fingerprint density at radius 1 is 0.706 bits per heavy atom. The van der Waals surface area contributed by atoms with E-state index in [0.717, 1.165) is 30.5 Å². The Balaban J connectivity index is 0. The molecule has 2 atom stereocenters. The van der Waals surface area contributed by atoms with Gasteiger partial charge in [0.05, 0.1) is 66.8 Å². The molecule has 0 heterocycles. The summed E-state index contributed by atoms with van der Waals surface area (Å²) in [5, 5.41) is 0. The molecule has 0 aliphatic carbocycles. The normalized spacial score (nSPS) is 15.3. The highest BCUT2D eigenvalue weighted by Crippen LogP contribution is 2.21. The predicted molar refractivity (Wildman–Crippen MR) is 138 cm³/mol. The fraction of sp³-hybridized carbons (Fsp3) is 0.923. The van der Waals surface area contributed by atoms with Crippen LogP contribution in [0.1, 0.15) is 47.5 Å². The van der Waals surface area contributed by atoms with Crippen LogP contribution in [-0.2, 0) is 33.5 Å². The van der Waals surface area contributed by atoms with Gasteiger partial charge < -0.3 is 28.2 Å². The lowest BCUT2D eigenvalue weighted by Crippen LogP contribution is -2.42. The van der Waals surface area contributed by atoms with E-state index in [0.29, 0.717) is 59.5 Å². The quantitative estimate of drug-likeness (QED) is 0.0696. The molecule has 0 aliphatic rings. The van der Waals surface area contributed by atoms with Crippen LogP contribution < -0.4 is 0 Å². The van der Waals surface area contributed by atoms with E-state index >= 15 is 0 Å². The van der Waals surface area contributed by atoms with E-state index in [2.05, 4.69) is 41.1 Å². The topological polar surface area (TPSA) is 64.6 Å². The van der Waals surface area contributed by atoms with Crippen LogP contribution in [0.15, 0.2) is 13.2 Å². The molecule has 0 spiro atoms. The van der Waals surface area contributed by atoms with E-state index in [4.69, 9.17) is 33.5 Å². The molecule has 0 radical (unpaired) electrons. The molecule has 0 aliphatic heterocycles. The molecule has 0 saturated heterocycles. The zero-order valence-corrected chi connectivity index (χ0v) is 23.6. The molecule has 0 aromatic heterocycles. The summed E-state index contributed by atoms with van der Waals surface area (Å²) in [6, 6.07) is 0. The Morgan fingerprint density at radius 3 is 1.94 bits per heavy atom. The van der Waals surface area contributed by atoms with Gasteiger partial charge in [-0.1, -0.05) is 6.92 Å². The Labute approximate surface area is 210 Å². The number of hydrogen-bond acceptors (Lipinski definition) is 7. The van der Waals surface area contributed by atoms with Crippen LogP contribution in [0.3, 0.4) is 0 Å². The van der Waals surface area contributed by atoms with Gasteiger partial charge in [-0.2, -0.15) is 0 Å². The minimum Gasteiger partial charge on any atom is -0.382 e. The summed E-state index contributed by atoms with van der Waals surface area (Å²) < 4.78 is 29.7. The summed E-state index contributed by atoms with van der Waals surface area (Å²) in [5.41, 5.74) is -0.822. The Morgan fingerprint density at radius 2 is 1.35 bits per heavy atom.